The SMILES string of the molecule is CC1CN(C(=O)N2CCC[C@@H]2C(=O)O)CCC1O. The third-order valence-corrected chi connectivity index (χ3v) is 3.91. The van der Waals surface area contributed by atoms with Crippen LogP contribution in [0.3, 0.4) is 0 Å². The van der Waals surface area contributed by atoms with E-state index in [-0.39, 0.29) is 18.1 Å². The maximum atomic E-state index is 12.3. The highest BCUT2D eigenvalue weighted by molar-refractivity contribution is 5.83. The Morgan fingerprint density at radius 3 is 2.56 bits per heavy atom. The largest absolute Gasteiger partial charge is 0.480 e. The van der Waals surface area contributed by atoms with Gasteiger partial charge in [-0.05, 0) is 25.2 Å². The van der Waals surface area contributed by atoms with Gasteiger partial charge in [0.25, 0.3) is 0 Å². The minimum atomic E-state index is -0.925. The number of amides is 2. The second kappa shape index (κ2) is 5.14. The number of urea groups is 1. The molecule has 0 spiro atoms. The van der Waals surface area contributed by atoms with Crippen LogP contribution in [0.2, 0.25) is 0 Å². The fraction of sp³-hybridized carbons (Fsp3) is 0.833. The molecule has 3 atom stereocenters. The van der Waals surface area contributed by atoms with E-state index < -0.39 is 12.0 Å². The molecule has 6 nitrogen and oxygen atoms in total. The van der Waals surface area contributed by atoms with Gasteiger partial charge in [0.15, 0.2) is 0 Å². The van der Waals surface area contributed by atoms with Crippen molar-refractivity contribution in [1.82, 2.24) is 9.80 Å². The van der Waals surface area contributed by atoms with E-state index in [0.717, 1.165) is 6.42 Å². The number of carbonyl (C=O) groups excluding carboxylic acids is 1. The normalized spacial score (nSPS) is 32.7. The fourth-order valence-corrected chi connectivity index (χ4v) is 2.74. The number of carbonyl (C=O) groups is 2. The van der Waals surface area contributed by atoms with Crippen molar-refractivity contribution in [3.05, 3.63) is 0 Å². The van der Waals surface area contributed by atoms with Gasteiger partial charge in [0.05, 0.1) is 6.10 Å². The summed E-state index contributed by atoms with van der Waals surface area (Å²) in [4.78, 5) is 26.5. The molecule has 0 aliphatic carbocycles. The Morgan fingerprint density at radius 2 is 1.94 bits per heavy atom. The van der Waals surface area contributed by atoms with Crippen LogP contribution in [0.15, 0.2) is 0 Å². The summed E-state index contributed by atoms with van der Waals surface area (Å²) in [5.74, 6) is -0.875. The van der Waals surface area contributed by atoms with Crippen LogP contribution in [0.4, 0.5) is 4.79 Å². The maximum Gasteiger partial charge on any atom is 0.326 e. The second-order valence-electron chi connectivity index (χ2n) is 5.25. The van der Waals surface area contributed by atoms with Crippen LogP contribution in [-0.4, -0.2) is 63.8 Å². The van der Waals surface area contributed by atoms with Gasteiger partial charge >= 0.3 is 12.0 Å². The molecule has 2 N–H and O–H groups in total. The Kier molecular flexibility index (Phi) is 3.75. The van der Waals surface area contributed by atoms with E-state index in [2.05, 4.69) is 0 Å². The molecule has 2 amide bonds. The molecule has 2 aliphatic rings. The van der Waals surface area contributed by atoms with E-state index in [1.165, 1.54) is 4.90 Å². The molecular weight excluding hydrogens is 236 g/mol. The number of piperidine rings is 1. The van der Waals surface area contributed by atoms with E-state index in [0.29, 0.717) is 32.5 Å². The quantitative estimate of drug-likeness (QED) is 0.709. The smallest absolute Gasteiger partial charge is 0.326 e. The van der Waals surface area contributed by atoms with Crippen LogP contribution in [0.25, 0.3) is 0 Å². The molecular formula is C12H20N2O4. The van der Waals surface area contributed by atoms with Gasteiger partial charge in [0.1, 0.15) is 6.04 Å². The molecule has 2 unspecified atom stereocenters. The van der Waals surface area contributed by atoms with Gasteiger partial charge < -0.3 is 20.0 Å². The predicted octanol–water partition coefficient (Wildman–Crippen LogP) is 0.358. The van der Waals surface area contributed by atoms with Gasteiger partial charge in [-0.1, -0.05) is 6.92 Å². The number of carboxylic acid groups (broad SMARTS) is 1. The molecule has 0 aromatic carbocycles. The summed E-state index contributed by atoms with van der Waals surface area (Å²) < 4.78 is 0. The van der Waals surface area contributed by atoms with Crippen molar-refractivity contribution in [2.45, 2.75) is 38.3 Å². The van der Waals surface area contributed by atoms with E-state index in [4.69, 9.17) is 5.11 Å². The summed E-state index contributed by atoms with van der Waals surface area (Å²) >= 11 is 0. The van der Waals surface area contributed by atoms with E-state index in [1.807, 2.05) is 6.92 Å². The first kappa shape index (κ1) is 13.1. The zero-order valence-corrected chi connectivity index (χ0v) is 10.6. The molecule has 0 bridgehead atoms. The third kappa shape index (κ3) is 2.43. The number of hydrogen-bond donors (Lipinski definition) is 2. The highest BCUT2D eigenvalue weighted by Crippen LogP contribution is 2.23. The van der Waals surface area contributed by atoms with Gasteiger partial charge in [-0.2, -0.15) is 0 Å². The number of nitrogens with zero attached hydrogens (tertiary/aromatic N) is 2. The standard InChI is InChI=1S/C12H20N2O4/c1-8-7-13(6-4-10(8)15)12(18)14-5-2-3-9(14)11(16)17/h8-10,15H,2-7H2,1H3,(H,16,17)/t8?,9-,10?/m1/s1. The first-order valence-electron chi connectivity index (χ1n) is 6.47. The second-order valence-corrected chi connectivity index (χ2v) is 5.25. The molecule has 2 aliphatic heterocycles. The monoisotopic (exact) mass is 256 g/mol. The van der Waals surface area contributed by atoms with Crippen molar-refractivity contribution in [3.63, 3.8) is 0 Å². The van der Waals surface area contributed by atoms with Crippen molar-refractivity contribution < 1.29 is 19.8 Å². The average molecular weight is 256 g/mol. The molecule has 2 rings (SSSR count). The highest BCUT2D eigenvalue weighted by atomic mass is 16.4. The van der Waals surface area contributed by atoms with Crippen molar-refractivity contribution >= 4 is 12.0 Å². The minimum absolute atomic E-state index is 0.0496. The topological polar surface area (TPSA) is 81.1 Å². The zero-order chi connectivity index (χ0) is 13.3. The zero-order valence-electron chi connectivity index (χ0n) is 10.6. The summed E-state index contributed by atoms with van der Waals surface area (Å²) in [5.41, 5.74) is 0. The molecule has 18 heavy (non-hydrogen) atoms. The van der Waals surface area contributed by atoms with Gasteiger partial charge in [-0.15, -0.1) is 0 Å². The lowest BCUT2D eigenvalue weighted by atomic mass is 9.97. The number of carboxylic acids is 1. The molecule has 0 aromatic heterocycles. The number of rotatable bonds is 1. The Morgan fingerprint density at radius 1 is 1.22 bits per heavy atom. The average Bonchev–Trinajstić information content (AvgIpc) is 2.81. The number of aliphatic hydroxyl groups excluding tert-OH is 1. The summed E-state index contributed by atoms with van der Waals surface area (Å²) in [5, 5.41) is 18.7. The summed E-state index contributed by atoms with van der Waals surface area (Å²) in [6.45, 7) is 3.43. The number of aliphatic hydroxyl groups is 1. The Hall–Kier alpha value is -1.30. The minimum Gasteiger partial charge on any atom is -0.480 e. The molecule has 102 valence electrons. The van der Waals surface area contributed by atoms with Crippen molar-refractivity contribution in [3.8, 4) is 0 Å². The van der Waals surface area contributed by atoms with E-state index >= 15 is 0 Å². The Bertz CT molecular complexity index is 347. The van der Waals surface area contributed by atoms with Crippen LogP contribution in [0, 0.1) is 5.92 Å². The lowest BCUT2D eigenvalue weighted by Crippen LogP contribution is -2.52. The molecule has 6 heteroatoms. The molecule has 0 radical (unpaired) electrons. The molecule has 0 aromatic rings. The van der Waals surface area contributed by atoms with Gasteiger partial charge in [0.2, 0.25) is 0 Å². The van der Waals surface area contributed by atoms with Crippen LogP contribution in [-0.2, 0) is 4.79 Å². The highest BCUT2D eigenvalue weighted by Gasteiger charge is 2.38. The van der Waals surface area contributed by atoms with Crippen molar-refractivity contribution in [2.24, 2.45) is 5.92 Å². The number of likely N-dealkylation sites (tertiary alicyclic amines) is 2. The number of aliphatic carboxylic acids is 1. The maximum absolute atomic E-state index is 12.3. The molecule has 2 saturated heterocycles. The first-order chi connectivity index (χ1) is 8.50. The van der Waals surface area contributed by atoms with Crippen LogP contribution in [0.5, 0.6) is 0 Å². The summed E-state index contributed by atoms with van der Waals surface area (Å²) in [6.07, 6.45) is 1.49. The Balaban J connectivity index is 2.01. The van der Waals surface area contributed by atoms with Crippen molar-refractivity contribution in [2.75, 3.05) is 19.6 Å². The third-order valence-electron chi connectivity index (χ3n) is 3.91. The van der Waals surface area contributed by atoms with Gasteiger partial charge in [-0.3, -0.25) is 0 Å². The fourth-order valence-electron chi connectivity index (χ4n) is 2.74. The number of hydrogen-bond acceptors (Lipinski definition) is 3. The van der Waals surface area contributed by atoms with E-state index in [9.17, 15) is 14.7 Å². The lowest BCUT2D eigenvalue weighted by Gasteiger charge is -2.37. The van der Waals surface area contributed by atoms with Gasteiger partial charge in [0, 0.05) is 19.6 Å². The molecule has 2 fully saturated rings. The van der Waals surface area contributed by atoms with Crippen LogP contribution >= 0.6 is 0 Å². The van der Waals surface area contributed by atoms with Gasteiger partial charge in [-0.25, -0.2) is 9.59 Å². The summed E-state index contributed by atoms with van der Waals surface area (Å²) in [6, 6.07) is -0.877. The Labute approximate surface area is 106 Å². The van der Waals surface area contributed by atoms with Crippen LogP contribution in [0.1, 0.15) is 26.2 Å². The lowest BCUT2D eigenvalue weighted by molar-refractivity contribution is -0.141. The van der Waals surface area contributed by atoms with E-state index in [1.54, 1.807) is 4.90 Å². The molecule has 0 saturated carbocycles. The molecule has 2 heterocycles. The van der Waals surface area contributed by atoms with Crippen LogP contribution < -0.4 is 0 Å². The summed E-state index contributed by atoms with van der Waals surface area (Å²) in [7, 11) is 0. The van der Waals surface area contributed by atoms with Crippen molar-refractivity contribution in [1.29, 1.82) is 0 Å². The predicted molar refractivity (Wildman–Crippen MR) is 64.1 cm³/mol. The first-order valence-corrected chi connectivity index (χ1v) is 6.47.